The molecule has 0 aliphatic rings. The molecule has 0 spiro atoms. The van der Waals surface area contributed by atoms with Crippen LogP contribution in [0.4, 0.5) is 0 Å². The van der Waals surface area contributed by atoms with Crippen molar-refractivity contribution in [2.45, 2.75) is 6.54 Å². The molecule has 1 N–H and O–H groups in total. The quantitative estimate of drug-likeness (QED) is 0.828. The zero-order chi connectivity index (χ0) is 16.7. The molecule has 1 amide bonds. The van der Waals surface area contributed by atoms with Gasteiger partial charge in [0.05, 0.1) is 6.26 Å². The molecule has 0 saturated carbocycles. The standard InChI is InChI=1S/C16H19N3O3S/c1-23(21,22)19(13-14-7-9-17-10-8-14)12-11-18-16(20)15-5-3-2-4-6-15/h2-10H,11-13H2,1H3,(H,18,20). The predicted molar refractivity (Wildman–Crippen MR) is 88.3 cm³/mol. The van der Waals surface area contributed by atoms with Crippen LogP contribution in [0.5, 0.6) is 0 Å². The van der Waals surface area contributed by atoms with E-state index >= 15 is 0 Å². The van der Waals surface area contributed by atoms with Gasteiger partial charge in [0.1, 0.15) is 0 Å². The molecular formula is C16H19N3O3S. The molecule has 0 saturated heterocycles. The van der Waals surface area contributed by atoms with Gasteiger partial charge in [-0.05, 0) is 29.8 Å². The van der Waals surface area contributed by atoms with E-state index in [1.165, 1.54) is 4.31 Å². The summed E-state index contributed by atoms with van der Waals surface area (Å²) in [7, 11) is -3.36. The van der Waals surface area contributed by atoms with Gasteiger partial charge in [0.25, 0.3) is 5.91 Å². The number of rotatable bonds is 7. The van der Waals surface area contributed by atoms with E-state index < -0.39 is 10.0 Å². The number of carbonyl (C=O) groups is 1. The number of carbonyl (C=O) groups excluding carboxylic acids is 1. The monoisotopic (exact) mass is 333 g/mol. The van der Waals surface area contributed by atoms with Crippen molar-refractivity contribution in [2.24, 2.45) is 0 Å². The molecule has 1 aromatic heterocycles. The summed E-state index contributed by atoms with van der Waals surface area (Å²) in [5.41, 5.74) is 1.40. The average Bonchev–Trinajstić information content (AvgIpc) is 2.54. The maximum absolute atomic E-state index is 11.9. The molecule has 0 bridgehead atoms. The molecule has 0 radical (unpaired) electrons. The molecule has 6 nitrogen and oxygen atoms in total. The first-order chi connectivity index (χ1) is 11.0. The lowest BCUT2D eigenvalue weighted by atomic mass is 10.2. The van der Waals surface area contributed by atoms with E-state index in [0.29, 0.717) is 5.56 Å². The summed E-state index contributed by atoms with van der Waals surface area (Å²) >= 11 is 0. The fraction of sp³-hybridized carbons (Fsp3) is 0.250. The molecule has 0 aliphatic heterocycles. The van der Waals surface area contributed by atoms with E-state index in [4.69, 9.17) is 0 Å². The Balaban J connectivity index is 1.93. The van der Waals surface area contributed by atoms with Crippen molar-refractivity contribution in [3.8, 4) is 0 Å². The topological polar surface area (TPSA) is 79.4 Å². The Kier molecular flexibility index (Phi) is 5.84. The lowest BCUT2D eigenvalue weighted by Gasteiger charge is -2.20. The smallest absolute Gasteiger partial charge is 0.251 e. The third-order valence-electron chi connectivity index (χ3n) is 3.26. The third kappa shape index (κ3) is 5.46. The van der Waals surface area contributed by atoms with Crippen LogP contribution in [0.1, 0.15) is 15.9 Å². The van der Waals surface area contributed by atoms with Crippen molar-refractivity contribution in [2.75, 3.05) is 19.3 Å². The minimum absolute atomic E-state index is 0.208. The second kappa shape index (κ2) is 7.85. The van der Waals surface area contributed by atoms with Crippen LogP contribution in [0.15, 0.2) is 54.9 Å². The number of sulfonamides is 1. The van der Waals surface area contributed by atoms with E-state index in [2.05, 4.69) is 10.3 Å². The van der Waals surface area contributed by atoms with Gasteiger partial charge in [-0.15, -0.1) is 0 Å². The first-order valence-electron chi connectivity index (χ1n) is 7.14. The molecule has 0 atom stereocenters. The molecule has 7 heteroatoms. The summed E-state index contributed by atoms with van der Waals surface area (Å²) in [4.78, 5) is 15.9. The summed E-state index contributed by atoms with van der Waals surface area (Å²) in [6.07, 6.45) is 4.40. The first-order valence-corrected chi connectivity index (χ1v) is 8.99. The van der Waals surface area contributed by atoms with Crippen LogP contribution in [0.3, 0.4) is 0 Å². The van der Waals surface area contributed by atoms with Gasteiger partial charge in [-0.3, -0.25) is 9.78 Å². The Bertz CT molecular complexity index is 734. The molecule has 1 heterocycles. The van der Waals surface area contributed by atoms with E-state index in [-0.39, 0.29) is 25.5 Å². The molecule has 23 heavy (non-hydrogen) atoms. The zero-order valence-electron chi connectivity index (χ0n) is 12.8. The van der Waals surface area contributed by atoms with Crippen LogP contribution < -0.4 is 5.32 Å². The summed E-state index contributed by atoms with van der Waals surface area (Å²) in [6.45, 7) is 0.703. The van der Waals surface area contributed by atoms with Crippen molar-refractivity contribution >= 4 is 15.9 Å². The van der Waals surface area contributed by atoms with E-state index in [0.717, 1.165) is 11.8 Å². The highest BCUT2D eigenvalue weighted by molar-refractivity contribution is 7.88. The Hall–Kier alpha value is -2.25. The largest absolute Gasteiger partial charge is 0.351 e. The number of pyridine rings is 1. The molecule has 0 fully saturated rings. The molecule has 0 unspecified atom stereocenters. The average molecular weight is 333 g/mol. The SMILES string of the molecule is CS(=O)(=O)N(CCNC(=O)c1ccccc1)Cc1ccncc1. The molecule has 0 aliphatic carbocycles. The minimum Gasteiger partial charge on any atom is -0.351 e. The van der Waals surface area contributed by atoms with Crippen LogP contribution in [0.2, 0.25) is 0 Å². The Morgan fingerprint density at radius 3 is 2.39 bits per heavy atom. The Morgan fingerprint density at radius 1 is 1.13 bits per heavy atom. The van der Waals surface area contributed by atoms with Crippen molar-refractivity contribution in [3.05, 3.63) is 66.0 Å². The maximum Gasteiger partial charge on any atom is 0.251 e. The van der Waals surface area contributed by atoms with Gasteiger partial charge >= 0.3 is 0 Å². The van der Waals surface area contributed by atoms with Gasteiger partial charge in [0, 0.05) is 37.6 Å². The fourth-order valence-electron chi connectivity index (χ4n) is 2.04. The van der Waals surface area contributed by atoms with Gasteiger partial charge in [-0.25, -0.2) is 8.42 Å². The van der Waals surface area contributed by atoms with Gasteiger partial charge < -0.3 is 5.32 Å². The normalized spacial score (nSPS) is 11.4. The summed E-state index contributed by atoms with van der Waals surface area (Å²) in [5, 5.41) is 2.73. The number of nitrogens with zero attached hydrogens (tertiary/aromatic N) is 2. The van der Waals surface area contributed by atoms with Crippen LogP contribution in [-0.2, 0) is 16.6 Å². The minimum atomic E-state index is -3.36. The van der Waals surface area contributed by atoms with Crippen molar-refractivity contribution in [3.63, 3.8) is 0 Å². The third-order valence-corrected chi connectivity index (χ3v) is 4.51. The highest BCUT2D eigenvalue weighted by Gasteiger charge is 2.17. The Labute approximate surface area is 136 Å². The van der Waals surface area contributed by atoms with E-state index in [1.807, 2.05) is 6.07 Å². The summed E-state index contributed by atoms with van der Waals surface area (Å²) in [6, 6.07) is 12.3. The fourth-order valence-corrected chi connectivity index (χ4v) is 2.85. The number of amides is 1. The number of hydrogen-bond donors (Lipinski definition) is 1. The first kappa shape index (κ1) is 17.1. The highest BCUT2D eigenvalue weighted by Crippen LogP contribution is 2.07. The van der Waals surface area contributed by atoms with E-state index in [1.54, 1.807) is 48.8 Å². The molecular weight excluding hydrogens is 314 g/mol. The summed E-state index contributed by atoms with van der Waals surface area (Å²) in [5.74, 6) is -0.219. The molecule has 2 rings (SSSR count). The van der Waals surface area contributed by atoms with E-state index in [9.17, 15) is 13.2 Å². The zero-order valence-corrected chi connectivity index (χ0v) is 13.7. The number of benzene rings is 1. The van der Waals surface area contributed by atoms with Crippen molar-refractivity contribution in [1.29, 1.82) is 0 Å². The molecule has 122 valence electrons. The molecule has 1 aromatic carbocycles. The van der Waals surface area contributed by atoms with Crippen molar-refractivity contribution < 1.29 is 13.2 Å². The van der Waals surface area contributed by atoms with Gasteiger partial charge in [0.15, 0.2) is 0 Å². The van der Waals surface area contributed by atoms with Gasteiger partial charge in [-0.2, -0.15) is 4.31 Å². The van der Waals surface area contributed by atoms with Crippen LogP contribution >= 0.6 is 0 Å². The number of aromatic nitrogens is 1. The van der Waals surface area contributed by atoms with Gasteiger partial charge in [0.2, 0.25) is 10.0 Å². The lowest BCUT2D eigenvalue weighted by Crippen LogP contribution is -2.37. The molecule has 2 aromatic rings. The number of nitrogens with one attached hydrogen (secondary N) is 1. The second-order valence-electron chi connectivity index (χ2n) is 5.07. The van der Waals surface area contributed by atoms with Crippen molar-refractivity contribution in [1.82, 2.24) is 14.6 Å². The highest BCUT2D eigenvalue weighted by atomic mass is 32.2. The maximum atomic E-state index is 11.9. The lowest BCUT2D eigenvalue weighted by molar-refractivity contribution is 0.0951. The predicted octanol–water partition coefficient (Wildman–Crippen LogP) is 1.27. The number of hydrogen-bond acceptors (Lipinski definition) is 4. The van der Waals surface area contributed by atoms with Crippen LogP contribution in [0, 0.1) is 0 Å². The second-order valence-corrected chi connectivity index (χ2v) is 7.06. The van der Waals surface area contributed by atoms with Crippen LogP contribution in [-0.4, -0.2) is 43.0 Å². The van der Waals surface area contributed by atoms with Gasteiger partial charge in [-0.1, -0.05) is 18.2 Å². The summed E-state index contributed by atoms with van der Waals surface area (Å²) < 4.78 is 25.1. The Morgan fingerprint density at radius 2 is 1.78 bits per heavy atom. The van der Waals surface area contributed by atoms with Crippen LogP contribution in [0.25, 0.3) is 0 Å².